The van der Waals surface area contributed by atoms with E-state index in [1.54, 1.807) is 6.92 Å². The van der Waals surface area contributed by atoms with Gasteiger partial charge in [0.15, 0.2) is 24.0 Å². The van der Waals surface area contributed by atoms with E-state index in [1.165, 1.54) is 6.08 Å². The monoisotopic (exact) mass is 554 g/mol. The lowest BCUT2D eigenvalue weighted by atomic mass is 9.45. The lowest BCUT2D eigenvalue weighted by Gasteiger charge is -2.61. The number of ketones is 2. The van der Waals surface area contributed by atoms with Gasteiger partial charge in [0.1, 0.15) is 30.5 Å². The largest absolute Gasteiger partial charge is 0.479 e. The van der Waals surface area contributed by atoms with Crippen LogP contribution in [0.4, 0.5) is 0 Å². The molecule has 0 aromatic rings. The summed E-state index contributed by atoms with van der Waals surface area (Å²) >= 11 is 0. The summed E-state index contributed by atoms with van der Waals surface area (Å²) in [5.41, 5.74) is -2.91. The molecule has 39 heavy (non-hydrogen) atoms. The van der Waals surface area contributed by atoms with Gasteiger partial charge in [-0.05, 0) is 66.9 Å². The molecule has 1 heterocycles. The number of carbonyl (C=O) groups is 3. The third-order valence-corrected chi connectivity index (χ3v) is 10.7. The number of carbonyl (C=O) groups excluding carboxylic acids is 2. The fraction of sp³-hybridized carbons (Fsp3) is 0.815. The molecule has 12 nitrogen and oxygen atoms in total. The van der Waals surface area contributed by atoms with Crippen molar-refractivity contribution in [3.05, 3.63) is 11.6 Å². The molecule has 0 radical (unpaired) electrons. The summed E-state index contributed by atoms with van der Waals surface area (Å²) in [5, 5.41) is 73.6. The quantitative estimate of drug-likeness (QED) is 0.211. The van der Waals surface area contributed by atoms with E-state index in [9.17, 15) is 50.1 Å². The van der Waals surface area contributed by atoms with Crippen LogP contribution in [-0.2, 0) is 23.9 Å². The van der Waals surface area contributed by atoms with E-state index in [0.29, 0.717) is 31.3 Å². The number of hydrogen-bond acceptors (Lipinski definition) is 11. The van der Waals surface area contributed by atoms with E-state index in [2.05, 4.69) is 0 Å². The van der Waals surface area contributed by atoms with E-state index in [-0.39, 0.29) is 36.4 Å². The highest BCUT2D eigenvalue weighted by Crippen LogP contribution is 2.67. The van der Waals surface area contributed by atoms with Gasteiger partial charge in [-0.2, -0.15) is 0 Å². The van der Waals surface area contributed by atoms with Crippen LogP contribution in [0.2, 0.25) is 0 Å². The minimum atomic E-state index is -1.92. The third kappa shape index (κ3) is 4.14. The molecule has 218 valence electrons. The molecule has 0 spiro atoms. The minimum Gasteiger partial charge on any atom is -0.479 e. The summed E-state index contributed by atoms with van der Waals surface area (Å²) in [5.74, 6) is -3.04. The Bertz CT molecular complexity index is 1070. The highest BCUT2D eigenvalue weighted by molar-refractivity contribution is 5.92. The number of Topliss-reactive ketones (excluding diaryl/α,β-unsaturated/α-hetero) is 1. The van der Waals surface area contributed by atoms with Gasteiger partial charge in [0.2, 0.25) is 0 Å². The highest BCUT2D eigenvalue weighted by Gasteiger charge is 2.69. The van der Waals surface area contributed by atoms with Crippen molar-refractivity contribution in [1.29, 1.82) is 0 Å². The molecule has 7 N–H and O–H groups in total. The van der Waals surface area contributed by atoms with Gasteiger partial charge in [-0.3, -0.25) is 9.59 Å². The van der Waals surface area contributed by atoms with E-state index >= 15 is 0 Å². The average Bonchev–Trinajstić information content (AvgIpc) is 3.13. The molecule has 1 saturated heterocycles. The highest BCUT2D eigenvalue weighted by atomic mass is 16.7. The van der Waals surface area contributed by atoms with E-state index in [4.69, 9.17) is 9.47 Å². The molecule has 3 saturated carbocycles. The number of carboxylic acid groups (broad SMARTS) is 1. The molecule has 5 aliphatic rings. The molecule has 1 aliphatic heterocycles. The Hall–Kier alpha value is -1.77. The maximum Gasteiger partial charge on any atom is 0.335 e. The first kappa shape index (κ1) is 28.7. The Labute approximate surface area is 225 Å². The molecular weight excluding hydrogens is 516 g/mol. The maximum atomic E-state index is 13.5. The second-order valence-corrected chi connectivity index (χ2v) is 12.6. The molecule has 4 aliphatic carbocycles. The summed E-state index contributed by atoms with van der Waals surface area (Å²) in [6.07, 6.45) is -7.73. The average molecular weight is 555 g/mol. The van der Waals surface area contributed by atoms with Crippen LogP contribution in [0.3, 0.4) is 0 Å². The van der Waals surface area contributed by atoms with Crippen LogP contribution in [0.1, 0.15) is 52.4 Å². The van der Waals surface area contributed by atoms with Crippen LogP contribution in [-0.4, -0.2) is 108 Å². The minimum absolute atomic E-state index is 0.0419. The van der Waals surface area contributed by atoms with Crippen LogP contribution in [0.5, 0.6) is 0 Å². The molecule has 0 aromatic carbocycles. The zero-order chi connectivity index (χ0) is 28.7. The first-order chi connectivity index (χ1) is 18.2. The Kier molecular flexibility index (Phi) is 7.12. The number of aliphatic carboxylic acids is 1. The molecule has 13 atom stereocenters. The van der Waals surface area contributed by atoms with Crippen LogP contribution in [0.15, 0.2) is 11.6 Å². The molecule has 4 fully saturated rings. The van der Waals surface area contributed by atoms with Gasteiger partial charge >= 0.3 is 5.97 Å². The van der Waals surface area contributed by atoms with Crippen molar-refractivity contribution in [3.63, 3.8) is 0 Å². The standard InChI is InChI=1S/C27H38O12/c1-25-5-3-11(28)7-14(25)15(29)8-12-13-4-6-27(37,26(13,2)9-16(30)18(12)25)17(31)10-38-24-21(34)19(32)20(33)22(39-24)23(35)36/h7,12-13,15-16,18-22,24,29-30,32-34,37H,3-6,8-10H2,1-2H3,(H,35,36)/t12-,13-,15+,16-,18?,19-,20-,21+,22-,24+,25-,26-,27-/m0/s1. The van der Waals surface area contributed by atoms with Crippen molar-refractivity contribution < 1.29 is 59.6 Å². The molecular formula is C27H38O12. The summed E-state index contributed by atoms with van der Waals surface area (Å²) in [7, 11) is 0. The normalized spacial score (nSPS) is 51.4. The van der Waals surface area contributed by atoms with Gasteiger partial charge in [0.25, 0.3) is 0 Å². The van der Waals surface area contributed by atoms with Crippen LogP contribution < -0.4 is 0 Å². The van der Waals surface area contributed by atoms with E-state index < -0.39 is 77.7 Å². The van der Waals surface area contributed by atoms with Crippen molar-refractivity contribution in [1.82, 2.24) is 0 Å². The second kappa shape index (κ2) is 9.66. The first-order valence-corrected chi connectivity index (χ1v) is 13.6. The van der Waals surface area contributed by atoms with Crippen molar-refractivity contribution in [2.45, 2.75) is 101 Å². The van der Waals surface area contributed by atoms with Crippen molar-refractivity contribution in [3.8, 4) is 0 Å². The molecule has 0 amide bonds. The Morgan fingerprint density at radius 2 is 1.77 bits per heavy atom. The Morgan fingerprint density at radius 1 is 1.08 bits per heavy atom. The smallest absolute Gasteiger partial charge is 0.335 e. The number of hydrogen-bond donors (Lipinski definition) is 7. The number of fused-ring (bicyclic) bond motifs is 5. The number of aliphatic hydroxyl groups is 6. The van der Waals surface area contributed by atoms with Gasteiger partial charge in [-0.15, -0.1) is 0 Å². The molecule has 0 aromatic heterocycles. The van der Waals surface area contributed by atoms with Gasteiger partial charge in [0.05, 0.1) is 12.2 Å². The summed E-state index contributed by atoms with van der Waals surface area (Å²) in [4.78, 5) is 36.9. The lowest BCUT2D eigenvalue weighted by Crippen LogP contribution is -2.64. The van der Waals surface area contributed by atoms with Crippen LogP contribution in [0.25, 0.3) is 0 Å². The molecule has 12 heteroatoms. The Morgan fingerprint density at radius 3 is 2.44 bits per heavy atom. The van der Waals surface area contributed by atoms with Crippen molar-refractivity contribution in [2.24, 2.45) is 28.6 Å². The van der Waals surface area contributed by atoms with Crippen molar-refractivity contribution >= 4 is 17.5 Å². The zero-order valence-electron chi connectivity index (χ0n) is 22.0. The summed E-state index contributed by atoms with van der Waals surface area (Å²) in [6.45, 7) is 2.96. The third-order valence-electron chi connectivity index (χ3n) is 10.7. The van der Waals surface area contributed by atoms with Crippen LogP contribution in [0, 0.1) is 28.6 Å². The SMILES string of the molecule is C[C@]12CCC(=O)C=C1[C@H](O)C[C@@H]1C2[C@@H](O)C[C@@]2(C)[C@H]1CC[C@]2(O)C(=O)CO[C@@H]1O[C@H](C(=O)O)[C@@H](O)[C@H](O)[C@H]1O. The molecule has 1 unspecified atom stereocenters. The molecule has 5 rings (SSSR count). The number of rotatable bonds is 5. The fourth-order valence-electron chi connectivity index (χ4n) is 8.67. The van der Waals surface area contributed by atoms with Gasteiger partial charge in [-0.25, -0.2) is 4.79 Å². The van der Waals surface area contributed by atoms with E-state index in [1.807, 2.05) is 6.92 Å². The van der Waals surface area contributed by atoms with Crippen LogP contribution >= 0.6 is 0 Å². The van der Waals surface area contributed by atoms with E-state index in [0.717, 1.165) is 0 Å². The number of ether oxygens (including phenoxy) is 2. The summed E-state index contributed by atoms with van der Waals surface area (Å²) < 4.78 is 10.4. The lowest BCUT2D eigenvalue weighted by molar-refractivity contribution is -0.293. The number of carboxylic acids is 1. The maximum absolute atomic E-state index is 13.5. The van der Waals surface area contributed by atoms with Gasteiger partial charge < -0.3 is 45.2 Å². The predicted molar refractivity (Wildman–Crippen MR) is 130 cm³/mol. The van der Waals surface area contributed by atoms with Crippen molar-refractivity contribution in [2.75, 3.05) is 6.61 Å². The Balaban J connectivity index is 1.35. The zero-order valence-corrected chi connectivity index (χ0v) is 22.0. The first-order valence-electron chi connectivity index (χ1n) is 13.6. The van der Waals surface area contributed by atoms with Gasteiger partial charge in [-0.1, -0.05) is 13.8 Å². The second-order valence-electron chi connectivity index (χ2n) is 12.6. The predicted octanol–water partition coefficient (Wildman–Crippen LogP) is -1.33. The number of aliphatic hydroxyl groups excluding tert-OH is 5. The van der Waals surface area contributed by atoms with Gasteiger partial charge in [0, 0.05) is 11.8 Å². The fourth-order valence-corrected chi connectivity index (χ4v) is 8.67. The molecule has 0 bridgehead atoms. The summed E-state index contributed by atoms with van der Waals surface area (Å²) in [6, 6.07) is 0. The topological polar surface area (TPSA) is 211 Å².